The van der Waals surface area contributed by atoms with Gasteiger partial charge in [0.15, 0.2) is 9.84 Å². The highest BCUT2D eigenvalue weighted by Gasteiger charge is 2.16. The van der Waals surface area contributed by atoms with Crippen molar-refractivity contribution < 1.29 is 13.2 Å². The van der Waals surface area contributed by atoms with Gasteiger partial charge in [0, 0.05) is 18.1 Å². The molecule has 1 amide bonds. The first kappa shape index (κ1) is 17.2. The van der Waals surface area contributed by atoms with Crippen LogP contribution in [0.25, 0.3) is 5.65 Å². The maximum atomic E-state index is 12.5. The Morgan fingerprint density at radius 1 is 1.16 bits per heavy atom. The number of pyridine rings is 1. The Balaban J connectivity index is 1.78. The summed E-state index contributed by atoms with van der Waals surface area (Å²) < 4.78 is 24.9. The molecule has 0 aliphatic carbocycles. The molecule has 2 heterocycles. The minimum absolute atomic E-state index is 0.255. The summed E-state index contributed by atoms with van der Waals surface area (Å²) in [6.07, 6.45) is 2.87. The van der Waals surface area contributed by atoms with Crippen molar-refractivity contribution in [3.63, 3.8) is 0 Å². The first-order chi connectivity index (χ1) is 11.8. The number of imidazole rings is 1. The van der Waals surface area contributed by atoms with Gasteiger partial charge >= 0.3 is 0 Å². The molecule has 6 nitrogen and oxygen atoms in total. The number of amides is 1. The number of benzene rings is 1. The smallest absolute Gasteiger partial charge is 0.271 e. The molecule has 1 aromatic carbocycles. The van der Waals surface area contributed by atoms with E-state index in [0.29, 0.717) is 5.69 Å². The minimum atomic E-state index is -3.23. The van der Waals surface area contributed by atoms with Gasteiger partial charge < -0.3 is 9.72 Å². The molecule has 0 saturated carbocycles. The molecule has 0 radical (unpaired) electrons. The van der Waals surface area contributed by atoms with Crippen LogP contribution in [0.4, 0.5) is 0 Å². The van der Waals surface area contributed by atoms with Crippen molar-refractivity contribution >= 4 is 21.4 Å². The predicted molar refractivity (Wildman–Crippen MR) is 95.4 cm³/mol. The number of rotatable bonds is 4. The Kier molecular flexibility index (Phi) is 4.34. The first-order valence-electron chi connectivity index (χ1n) is 7.81. The van der Waals surface area contributed by atoms with Crippen LogP contribution in [0.15, 0.2) is 53.6 Å². The molecule has 0 aliphatic rings. The fourth-order valence-electron chi connectivity index (χ4n) is 2.62. The lowest BCUT2D eigenvalue weighted by Crippen LogP contribution is -2.26. The SMILES string of the molecule is Cc1cccc2nc(C(=O)N[C@@H](C)c3ccc(S(C)(=O)=O)cc3)cn12. The van der Waals surface area contributed by atoms with Crippen LogP contribution >= 0.6 is 0 Å². The molecule has 1 N–H and O–H groups in total. The molecule has 25 heavy (non-hydrogen) atoms. The summed E-state index contributed by atoms with van der Waals surface area (Å²) in [6, 6.07) is 11.9. The van der Waals surface area contributed by atoms with E-state index >= 15 is 0 Å². The zero-order chi connectivity index (χ0) is 18.2. The number of nitrogens with one attached hydrogen (secondary N) is 1. The lowest BCUT2D eigenvalue weighted by molar-refractivity contribution is 0.0935. The summed E-state index contributed by atoms with van der Waals surface area (Å²) >= 11 is 0. The van der Waals surface area contributed by atoms with E-state index in [4.69, 9.17) is 0 Å². The van der Waals surface area contributed by atoms with Gasteiger partial charge in [-0.15, -0.1) is 0 Å². The molecule has 2 aromatic heterocycles. The molecular formula is C18H19N3O3S. The molecule has 0 fully saturated rings. The third-order valence-corrected chi connectivity index (χ3v) is 5.21. The Bertz CT molecular complexity index is 1040. The molecule has 7 heteroatoms. The van der Waals surface area contributed by atoms with E-state index in [0.717, 1.165) is 16.9 Å². The van der Waals surface area contributed by atoms with Crippen molar-refractivity contribution in [1.29, 1.82) is 0 Å². The Morgan fingerprint density at radius 2 is 1.84 bits per heavy atom. The average Bonchev–Trinajstić information content (AvgIpc) is 3.00. The van der Waals surface area contributed by atoms with E-state index in [1.165, 1.54) is 6.26 Å². The maximum absolute atomic E-state index is 12.5. The molecule has 0 saturated heterocycles. The third-order valence-electron chi connectivity index (χ3n) is 4.08. The lowest BCUT2D eigenvalue weighted by atomic mass is 10.1. The zero-order valence-electron chi connectivity index (χ0n) is 14.2. The van der Waals surface area contributed by atoms with Gasteiger partial charge in [0.2, 0.25) is 0 Å². The standard InChI is InChI=1S/C18H19N3O3S/c1-12-5-4-6-17-20-16(11-21(12)17)18(22)19-13(2)14-7-9-15(10-8-14)25(3,23)24/h4-11,13H,1-3H3,(H,19,22)/t13-/m0/s1. The summed E-state index contributed by atoms with van der Waals surface area (Å²) in [4.78, 5) is 17.0. The molecule has 0 aliphatic heterocycles. The molecular weight excluding hydrogens is 338 g/mol. The number of hydrogen-bond donors (Lipinski definition) is 1. The molecule has 130 valence electrons. The summed E-state index contributed by atoms with van der Waals surface area (Å²) in [6.45, 7) is 3.79. The minimum Gasteiger partial charge on any atom is -0.344 e. The van der Waals surface area contributed by atoms with Crippen LogP contribution < -0.4 is 5.32 Å². The van der Waals surface area contributed by atoms with Crippen molar-refractivity contribution in [1.82, 2.24) is 14.7 Å². The monoisotopic (exact) mass is 357 g/mol. The van der Waals surface area contributed by atoms with E-state index < -0.39 is 9.84 Å². The first-order valence-corrected chi connectivity index (χ1v) is 9.70. The van der Waals surface area contributed by atoms with Crippen LogP contribution in [0.5, 0.6) is 0 Å². The topological polar surface area (TPSA) is 80.5 Å². The molecule has 0 spiro atoms. The highest BCUT2D eigenvalue weighted by atomic mass is 32.2. The van der Waals surface area contributed by atoms with Gasteiger partial charge in [0.1, 0.15) is 11.3 Å². The second kappa shape index (κ2) is 6.33. The predicted octanol–water partition coefficient (Wildman–Crippen LogP) is 2.54. The number of hydrogen-bond acceptors (Lipinski definition) is 4. The fraction of sp³-hybridized carbons (Fsp3) is 0.222. The highest BCUT2D eigenvalue weighted by Crippen LogP contribution is 2.17. The second-order valence-electron chi connectivity index (χ2n) is 6.06. The Labute approximate surface area is 146 Å². The normalized spacial score (nSPS) is 12.9. The van der Waals surface area contributed by atoms with Crippen LogP contribution in [-0.4, -0.2) is 30.0 Å². The van der Waals surface area contributed by atoms with Crippen molar-refractivity contribution in [2.24, 2.45) is 0 Å². The fourth-order valence-corrected chi connectivity index (χ4v) is 3.25. The van der Waals surface area contributed by atoms with Crippen LogP contribution in [0.3, 0.4) is 0 Å². The van der Waals surface area contributed by atoms with Crippen LogP contribution in [0.2, 0.25) is 0 Å². The molecule has 1 atom stereocenters. The number of aromatic nitrogens is 2. The van der Waals surface area contributed by atoms with Gasteiger partial charge in [-0.05, 0) is 43.7 Å². The van der Waals surface area contributed by atoms with E-state index in [2.05, 4.69) is 10.3 Å². The third kappa shape index (κ3) is 3.56. The molecule has 0 unspecified atom stereocenters. The second-order valence-corrected chi connectivity index (χ2v) is 8.07. The van der Waals surface area contributed by atoms with Gasteiger partial charge in [-0.25, -0.2) is 13.4 Å². The molecule has 0 bridgehead atoms. The summed E-state index contributed by atoms with van der Waals surface area (Å²) in [5.41, 5.74) is 2.87. The average molecular weight is 357 g/mol. The van der Waals surface area contributed by atoms with Gasteiger partial charge in [0.05, 0.1) is 10.9 Å². The number of carbonyl (C=O) groups is 1. The van der Waals surface area contributed by atoms with Crippen LogP contribution in [-0.2, 0) is 9.84 Å². The van der Waals surface area contributed by atoms with Crippen LogP contribution in [0, 0.1) is 6.92 Å². The van der Waals surface area contributed by atoms with Gasteiger partial charge in [-0.3, -0.25) is 4.79 Å². The summed E-state index contributed by atoms with van der Waals surface area (Å²) in [5.74, 6) is -0.275. The highest BCUT2D eigenvalue weighted by molar-refractivity contribution is 7.90. The lowest BCUT2D eigenvalue weighted by Gasteiger charge is -2.13. The van der Waals surface area contributed by atoms with Crippen molar-refractivity contribution in [2.45, 2.75) is 24.8 Å². The maximum Gasteiger partial charge on any atom is 0.271 e. The number of aryl methyl sites for hydroxylation is 1. The molecule has 3 aromatic rings. The Hall–Kier alpha value is -2.67. The van der Waals surface area contributed by atoms with Crippen molar-refractivity contribution in [3.8, 4) is 0 Å². The zero-order valence-corrected chi connectivity index (χ0v) is 15.0. The number of fused-ring (bicyclic) bond motifs is 1. The van der Waals surface area contributed by atoms with Gasteiger partial charge in [0.25, 0.3) is 5.91 Å². The quantitative estimate of drug-likeness (QED) is 0.778. The van der Waals surface area contributed by atoms with E-state index in [1.807, 2.05) is 36.4 Å². The molecule has 3 rings (SSSR count). The van der Waals surface area contributed by atoms with Crippen LogP contribution in [0.1, 0.15) is 34.7 Å². The largest absolute Gasteiger partial charge is 0.344 e. The number of sulfone groups is 1. The summed E-state index contributed by atoms with van der Waals surface area (Å²) in [5, 5.41) is 2.89. The van der Waals surface area contributed by atoms with Gasteiger partial charge in [-0.2, -0.15) is 0 Å². The van der Waals surface area contributed by atoms with Crippen molar-refractivity contribution in [3.05, 3.63) is 65.6 Å². The van der Waals surface area contributed by atoms with E-state index in [9.17, 15) is 13.2 Å². The summed E-state index contributed by atoms with van der Waals surface area (Å²) in [7, 11) is -3.23. The van der Waals surface area contributed by atoms with E-state index in [1.54, 1.807) is 30.5 Å². The number of nitrogens with zero attached hydrogens (tertiary/aromatic N) is 2. The number of carbonyl (C=O) groups excluding carboxylic acids is 1. The van der Waals surface area contributed by atoms with E-state index in [-0.39, 0.29) is 16.8 Å². The van der Waals surface area contributed by atoms with Crippen molar-refractivity contribution in [2.75, 3.05) is 6.26 Å². The van der Waals surface area contributed by atoms with Gasteiger partial charge in [-0.1, -0.05) is 18.2 Å². The Morgan fingerprint density at radius 3 is 2.44 bits per heavy atom.